The van der Waals surface area contributed by atoms with Gasteiger partial charge in [-0.1, -0.05) is 167 Å². The van der Waals surface area contributed by atoms with Crippen LogP contribution in [0.2, 0.25) is 0 Å². The van der Waals surface area contributed by atoms with Crippen LogP contribution in [-0.2, 0) is 63.2 Å². The Kier molecular flexibility index (Phi) is 24.7. The average Bonchev–Trinajstić information content (AvgIpc) is 1.59. The molecule has 0 atom stereocenters. The number of rotatable bonds is 15. The predicted octanol–water partition coefficient (Wildman–Crippen LogP) is 33.5. The molecule has 27 aromatic rings. The van der Waals surface area contributed by atoms with Crippen molar-refractivity contribution in [1.29, 1.82) is 0 Å². The number of para-hydroxylation sites is 2. The van der Waals surface area contributed by atoms with E-state index in [9.17, 15) is 0 Å². The van der Waals surface area contributed by atoms with Gasteiger partial charge >= 0.3 is 63.2 Å². The van der Waals surface area contributed by atoms with Crippen molar-refractivity contribution in [3.8, 4) is 145 Å². The second-order valence-electron chi connectivity index (χ2n) is 31.5. The first kappa shape index (κ1) is 87.7. The van der Waals surface area contributed by atoms with Gasteiger partial charge in [0, 0.05) is 94.2 Å². The molecule has 0 saturated heterocycles. The van der Waals surface area contributed by atoms with Gasteiger partial charge in [-0.05, 0) is 223 Å². The smallest absolute Gasteiger partial charge is 0.346 e. The molecule has 27 rings (SSSR count). The summed E-state index contributed by atoms with van der Waals surface area (Å²) >= 11 is 15.6. The first-order valence-corrected chi connectivity index (χ1v) is 50.4. The average molecular weight is 2430 g/mol. The topological polar surface area (TPSA) is 92.1 Å². The zero-order chi connectivity index (χ0) is 87.1. The molecular weight excluding hydrogens is 2370 g/mol. The van der Waals surface area contributed by atoms with Gasteiger partial charge in [0.15, 0.2) is 0 Å². The zero-order valence-electron chi connectivity index (χ0n) is 70.5. The number of nitrogens with zero attached hydrogens (tertiary/aromatic N) is 9. The summed E-state index contributed by atoms with van der Waals surface area (Å²) in [4.78, 5) is 36.5. The standard InChI is InChI=1S/3C38H21N3S3.3Pt/c1-3-9-32-27(7-1)28-16-14-25(38-40-31-8-2-4-10-37(31)44-38)22-33(28)41(32)34-21-24(13-17-29(34)36-12-6-20-43-36)30-18-15-26(23-39-30)35-11-5-19-42-35;1-2-17-39-31(8-1)24-6-3-7-28(20-24)41-33-16-13-25(35-9-4-18-42-35)21-30(33)29-14-11-27(22-34(29)41)38-40-32-15-12-26(23-37(32)44-38)36-10-5-19-43-36;1-2-17-39-31(8-1)24-6-3-7-28(20-24)41-33-15-12-25(35-9-4-18-42-35)21-30(33)29-14-11-27(23-34(29)41)38-40-32-22-26(13-16-37(32)44-38)36-10-5-19-43-36;;;/h1-20,23H;1-19,21,23H;1-19,21-22H;;;/q3*-2;3*+2. The van der Waals surface area contributed by atoms with Crippen molar-refractivity contribution < 1.29 is 63.2 Å². The van der Waals surface area contributed by atoms with E-state index in [0.717, 1.165) is 159 Å². The Labute approximate surface area is 855 Å². The fourth-order valence-electron chi connectivity index (χ4n) is 17.4. The van der Waals surface area contributed by atoms with E-state index in [4.69, 9.17) is 19.9 Å². The molecule has 135 heavy (non-hydrogen) atoms. The van der Waals surface area contributed by atoms with Crippen LogP contribution >= 0.6 is 102 Å². The number of benzene rings is 12. The van der Waals surface area contributed by atoms with Crippen LogP contribution in [-0.4, -0.2) is 43.6 Å². The maximum absolute atomic E-state index is 5.09. The molecule has 0 fully saturated rings. The third-order valence-electron chi connectivity index (χ3n) is 23.6. The number of thiazole rings is 3. The fourth-order valence-corrected chi connectivity index (χ4v) is 24.7. The number of aromatic nitrogens is 9. The van der Waals surface area contributed by atoms with Crippen LogP contribution < -0.4 is 0 Å². The molecule has 0 aliphatic carbocycles. The SMILES string of the molecule is [Pt+2].[Pt+2].[Pt+2].[c-]1c(-c2ccc(-c3cccs3)cn2)ccc(-c2cccs2)c1-n1c2[c-]c(-c3nc4ccccc4s3)ccc2c2ccccc21.[c-]1c(-c2ccccn2)cccc1-n1c2[c-]c(-c3nc4cc(-c5cccs5)ccc4s3)ccc2c2cc(-c3cccs3)ccc21.[c-]1c(-c2ccccn2)cccc1-n1c2[c-]c(-c3nc4ccc(-c5cccs5)cc4s3)ccc2c2cc(-c3cccs3)ccc21. The molecule has 15 heterocycles. The van der Waals surface area contributed by atoms with Crippen molar-refractivity contribution in [2.24, 2.45) is 0 Å². The van der Waals surface area contributed by atoms with Gasteiger partial charge in [0.2, 0.25) is 0 Å². The van der Waals surface area contributed by atoms with Crippen molar-refractivity contribution in [3.05, 3.63) is 415 Å². The quantitative estimate of drug-likeness (QED) is 0.0950. The van der Waals surface area contributed by atoms with Gasteiger partial charge < -0.3 is 28.7 Å². The van der Waals surface area contributed by atoms with E-state index in [1.165, 1.54) is 81.8 Å². The Morgan fingerprint density at radius 1 is 0.237 bits per heavy atom. The van der Waals surface area contributed by atoms with E-state index in [1.807, 2.05) is 61.1 Å². The normalized spacial score (nSPS) is 11.4. The molecule has 0 radical (unpaired) electrons. The van der Waals surface area contributed by atoms with Gasteiger partial charge in [0.25, 0.3) is 0 Å². The van der Waals surface area contributed by atoms with Crippen LogP contribution in [0, 0.1) is 36.4 Å². The molecule has 0 saturated carbocycles. The molecule has 0 aliphatic rings. The van der Waals surface area contributed by atoms with Gasteiger partial charge in [0.05, 0.1) is 16.6 Å². The van der Waals surface area contributed by atoms with Crippen LogP contribution in [0.1, 0.15) is 0 Å². The maximum Gasteiger partial charge on any atom is 2.00 e. The van der Waals surface area contributed by atoms with Gasteiger partial charge in [-0.25, -0.2) is 0 Å². The monoisotopic (exact) mass is 2430 g/mol. The van der Waals surface area contributed by atoms with E-state index in [0.29, 0.717) is 0 Å². The number of pyridine rings is 3. The summed E-state index contributed by atoms with van der Waals surface area (Å²) in [6.07, 6.45) is 5.61. The molecule has 0 spiro atoms. The van der Waals surface area contributed by atoms with Crippen molar-refractivity contribution in [1.82, 2.24) is 43.6 Å². The number of fused-ring (bicyclic) bond motifs is 12. The number of thiophene rings is 6. The van der Waals surface area contributed by atoms with E-state index in [2.05, 4.69) is 377 Å². The van der Waals surface area contributed by atoms with Gasteiger partial charge in [-0.3, -0.25) is 15.0 Å². The van der Waals surface area contributed by atoms with Crippen molar-refractivity contribution in [2.45, 2.75) is 0 Å². The van der Waals surface area contributed by atoms with Gasteiger partial charge in [0.1, 0.15) is 0 Å². The second-order valence-corrected chi connectivity index (χ2v) is 40.3. The van der Waals surface area contributed by atoms with Crippen molar-refractivity contribution in [3.63, 3.8) is 0 Å². The van der Waals surface area contributed by atoms with Crippen LogP contribution in [0.25, 0.3) is 241 Å². The third-order valence-corrected chi connectivity index (χ3v) is 32.3. The van der Waals surface area contributed by atoms with E-state index >= 15 is 0 Å². The summed E-state index contributed by atoms with van der Waals surface area (Å²) in [5, 5.41) is 22.6. The first-order chi connectivity index (χ1) is 65.4. The second kappa shape index (κ2) is 37.9. The fraction of sp³-hybridized carbons (Fsp3) is 0. The minimum absolute atomic E-state index is 0. The summed E-state index contributed by atoms with van der Waals surface area (Å²) in [6, 6.07) is 138. The number of hydrogen-bond donors (Lipinski definition) is 0. The molecule has 0 N–H and O–H groups in total. The summed E-state index contributed by atoms with van der Waals surface area (Å²) < 4.78 is 10.4. The summed E-state index contributed by atoms with van der Waals surface area (Å²) in [6.45, 7) is 0. The third kappa shape index (κ3) is 16.8. The molecule has 648 valence electrons. The maximum atomic E-state index is 5.09. The molecule has 21 heteroatoms. The van der Waals surface area contributed by atoms with E-state index in [1.54, 1.807) is 102 Å². The molecule has 9 nitrogen and oxygen atoms in total. The Morgan fingerprint density at radius 3 is 1.17 bits per heavy atom. The Morgan fingerprint density at radius 2 is 0.652 bits per heavy atom. The molecular formula is C114H63N9Pt3S9. The zero-order valence-corrected chi connectivity index (χ0v) is 84.7. The van der Waals surface area contributed by atoms with Crippen LogP contribution in [0.3, 0.4) is 0 Å². The Balaban J connectivity index is 0.000000116. The summed E-state index contributed by atoms with van der Waals surface area (Å²) in [5.74, 6) is 0. The van der Waals surface area contributed by atoms with E-state index in [-0.39, 0.29) is 63.2 Å². The predicted molar refractivity (Wildman–Crippen MR) is 561 cm³/mol. The van der Waals surface area contributed by atoms with Crippen molar-refractivity contribution in [2.75, 3.05) is 0 Å². The van der Waals surface area contributed by atoms with Gasteiger partial charge in [-0.2, -0.15) is 45.3 Å². The molecule has 0 aliphatic heterocycles. The molecule has 12 aromatic carbocycles. The summed E-state index contributed by atoms with van der Waals surface area (Å²) in [7, 11) is 0. The number of hydrogen-bond acceptors (Lipinski definition) is 15. The Bertz CT molecular complexity index is 8590. The minimum Gasteiger partial charge on any atom is -0.346 e. The van der Waals surface area contributed by atoms with Crippen LogP contribution in [0.4, 0.5) is 0 Å². The molecule has 15 aromatic heterocycles. The largest absolute Gasteiger partial charge is 2.00 e. The van der Waals surface area contributed by atoms with Crippen LogP contribution in [0.5, 0.6) is 0 Å². The minimum atomic E-state index is 0. The summed E-state index contributed by atoms with van der Waals surface area (Å²) in [5.41, 5.74) is 27.9. The van der Waals surface area contributed by atoms with Crippen LogP contribution in [0.15, 0.2) is 378 Å². The molecule has 0 amide bonds. The molecule has 0 unspecified atom stereocenters. The van der Waals surface area contributed by atoms with Crippen molar-refractivity contribution >= 4 is 198 Å². The van der Waals surface area contributed by atoms with Gasteiger partial charge in [-0.15, -0.1) is 211 Å². The van der Waals surface area contributed by atoms with E-state index < -0.39 is 0 Å². The Hall–Kier alpha value is -12.6. The molecule has 0 bridgehead atoms. The first-order valence-electron chi connectivity index (χ1n) is 42.7.